The Morgan fingerprint density at radius 3 is 2.53 bits per heavy atom. The van der Waals surface area contributed by atoms with Crippen LogP contribution in [0.25, 0.3) is 0 Å². The van der Waals surface area contributed by atoms with Gasteiger partial charge in [0.05, 0.1) is 11.7 Å². The van der Waals surface area contributed by atoms with E-state index in [1.165, 1.54) is 0 Å². The molecule has 1 aromatic carbocycles. The lowest BCUT2D eigenvalue weighted by molar-refractivity contribution is -0.123. The van der Waals surface area contributed by atoms with Gasteiger partial charge in [0.2, 0.25) is 0 Å². The summed E-state index contributed by atoms with van der Waals surface area (Å²) in [6.07, 6.45) is 6.36. The molecule has 8 nitrogen and oxygen atoms in total. The number of amides is 3. The molecule has 0 radical (unpaired) electrons. The smallest absolute Gasteiger partial charge is 0.338 e. The van der Waals surface area contributed by atoms with Crippen molar-refractivity contribution < 1.29 is 28.6 Å². The summed E-state index contributed by atoms with van der Waals surface area (Å²) in [6.45, 7) is 2.82. The highest BCUT2D eigenvalue weighted by Gasteiger charge is 2.23. The lowest BCUT2D eigenvalue weighted by Gasteiger charge is -2.29. The average molecular weight is 418 g/mol. The monoisotopic (exact) mass is 418 g/mol. The Morgan fingerprint density at radius 1 is 1.07 bits per heavy atom. The summed E-state index contributed by atoms with van der Waals surface area (Å²) in [6, 6.07) is 6.00. The number of nitrogens with one attached hydrogen (secondary N) is 2. The van der Waals surface area contributed by atoms with Gasteiger partial charge in [0, 0.05) is 12.6 Å². The van der Waals surface area contributed by atoms with Crippen LogP contribution in [0.15, 0.2) is 24.3 Å². The molecule has 2 N–H and O–H groups in total. The molecule has 0 aromatic heterocycles. The van der Waals surface area contributed by atoms with Crippen molar-refractivity contribution >= 4 is 17.9 Å². The number of carbonyl (C=O) groups is 3. The highest BCUT2D eigenvalue weighted by Crippen LogP contribution is 2.23. The van der Waals surface area contributed by atoms with Crippen molar-refractivity contribution in [2.75, 3.05) is 19.8 Å². The third kappa shape index (κ3) is 6.73. The highest BCUT2D eigenvalue weighted by atomic mass is 16.5. The maximum atomic E-state index is 12.1. The number of hydrogen-bond acceptors (Lipinski definition) is 6. The number of hydrogen-bond donors (Lipinski definition) is 2. The highest BCUT2D eigenvalue weighted by molar-refractivity contribution is 5.97. The first-order valence-corrected chi connectivity index (χ1v) is 10.6. The summed E-state index contributed by atoms with van der Waals surface area (Å²) in [5.41, 5.74) is 0.299. The minimum Gasteiger partial charge on any atom is -0.491 e. The van der Waals surface area contributed by atoms with Crippen LogP contribution >= 0.6 is 0 Å². The van der Waals surface area contributed by atoms with E-state index in [4.69, 9.17) is 14.2 Å². The van der Waals surface area contributed by atoms with Gasteiger partial charge in [-0.1, -0.05) is 19.8 Å². The number of urea groups is 1. The molecule has 2 aliphatic rings. The molecular weight excluding hydrogens is 388 g/mol. The minimum atomic E-state index is -0.666. The molecule has 1 aliphatic carbocycles. The molecule has 0 unspecified atom stereocenters. The molecule has 3 amide bonds. The predicted molar refractivity (Wildman–Crippen MR) is 109 cm³/mol. The zero-order chi connectivity index (χ0) is 21.3. The van der Waals surface area contributed by atoms with Gasteiger partial charge in [0.25, 0.3) is 5.91 Å². The molecule has 0 bridgehead atoms. The van der Waals surface area contributed by atoms with Crippen LogP contribution in [0.1, 0.15) is 55.8 Å². The van der Waals surface area contributed by atoms with Crippen LogP contribution in [0.5, 0.6) is 5.75 Å². The van der Waals surface area contributed by atoms with Crippen LogP contribution in [0, 0.1) is 5.92 Å². The van der Waals surface area contributed by atoms with Crippen LogP contribution < -0.4 is 15.4 Å². The Labute approximate surface area is 176 Å². The Bertz CT molecular complexity index is 730. The van der Waals surface area contributed by atoms with Crippen LogP contribution in [0.2, 0.25) is 0 Å². The normalized spacial score (nSPS) is 23.4. The number of benzene rings is 1. The molecule has 3 atom stereocenters. The maximum Gasteiger partial charge on any atom is 0.338 e. The number of ether oxygens (including phenoxy) is 3. The summed E-state index contributed by atoms with van der Waals surface area (Å²) >= 11 is 0. The van der Waals surface area contributed by atoms with Gasteiger partial charge in [-0.25, -0.2) is 9.59 Å². The van der Waals surface area contributed by atoms with E-state index in [0.29, 0.717) is 23.8 Å². The lowest BCUT2D eigenvalue weighted by atomic mass is 9.86. The first-order valence-electron chi connectivity index (χ1n) is 10.6. The molecule has 164 valence electrons. The Hall–Kier alpha value is -2.61. The molecule has 1 aromatic rings. The van der Waals surface area contributed by atoms with Crippen molar-refractivity contribution in [2.45, 2.75) is 57.6 Å². The van der Waals surface area contributed by atoms with Crippen LogP contribution in [0.4, 0.5) is 4.79 Å². The van der Waals surface area contributed by atoms with E-state index < -0.39 is 24.5 Å². The van der Waals surface area contributed by atoms with E-state index in [2.05, 4.69) is 17.6 Å². The standard InChI is InChI=1S/C22H30N2O6/c1-15-5-2-3-7-19(15)23-22(27)24-20(25)14-30-21(26)16-8-10-17(11-9-16)29-13-18-6-4-12-28-18/h8-11,15,18-19H,2-7,12-14H2,1H3,(H2,23,24,25,27)/t15-,18+,19+/m1/s1. The lowest BCUT2D eigenvalue weighted by Crippen LogP contribution is -2.48. The summed E-state index contributed by atoms with van der Waals surface area (Å²) < 4.78 is 16.1. The van der Waals surface area contributed by atoms with E-state index in [1.54, 1.807) is 24.3 Å². The third-order valence-corrected chi connectivity index (χ3v) is 5.57. The Kier molecular flexibility index (Phi) is 8.07. The maximum absolute atomic E-state index is 12.1. The van der Waals surface area contributed by atoms with E-state index in [0.717, 1.165) is 45.1 Å². The zero-order valence-corrected chi connectivity index (χ0v) is 17.4. The molecule has 30 heavy (non-hydrogen) atoms. The van der Waals surface area contributed by atoms with Gasteiger partial charge in [-0.05, 0) is 55.9 Å². The fraction of sp³-hybridized carbons (Fsp3) is 0.591. The van der Waals surface area contributed by atoms with Crippen LogP contribution in [0.3, 0.4) is 0 Å². The van der Waals surface area contributed by atoms with Gasteiger partial charge in [0.1, 0.15) is 12.4 Å². The predicted octanol–water partition coefficient (Wildman–Crippen LogP) is 2.81. The largest absolute Gasteiger partial charge is 0.491 e. The quantitative estimate of drug-likeness (QED) is 0.660. The topological polar surface area (TPSA) is 103 Å². The zero-order valence-electron chi connectivity index (χ0n) is 17.4. The van der Waals surface area contributed by atoms with Gasteiger partial charge in [0.15, 0.2) is 6.61 Å². The Morgan fingerprint density at radius 2 is 1.83 bits per heavy atom. The van der Waals surface area contributed by atoms with Crippen LogP contribution in [-0.4, -0.2) is 49.9 Å². The van der Waals surface area contributed by atoms with Gasteiger partial charge in [-0.15, -0.1) is 0 Å². The van der Waals surface area contributed by atoms with Gasteiger partial charge in [-0.3, -0.25) is 10.1 Å². The van der Waals surface area contributed by atoms with E-state index in [-0.39, 0.29) is 12.1 Å². The van der Waals surface area contributed by atoms with Crippen molar-refractivity contribution in [1.29, 1.82) is 0 Å². The van der Waals surface area contributed by atoms with Crippen molar-refractivity contribution in [1.82, 2.24) is 10.6 Å². The average Bonchev–Trinajstić information content (AvgIpc) is 3.26. The molecule has 2 fully saturated rings. The molecule has 1 heterocycles. The van der Waals surface area contributed by atoms with Gasteiger partial charge >= 0.3 is 12.0 Å². The SMILES string of the molecule is C[C@@H]1CCCC[C@@H]1NC(=O)NC(=O)COC(=O)c1ccc(OC[C@@H]2CCCO2)cc1. The van der Waals surface area contributed by atoms with Crippen molar-refractivity contribution in [3.05, 3.63) is 29.8 Å². The van der Waals surface area contributed by atoms with Crippen molar-refractivity contribution in [3.63, 3.8) is 0 Å². The number of esters is 1. The number of imide groups is 1. The number of rotatable bonds is 7. The summed E-state index contributed by atoms with van der Waals surface area (Å²) in [7, 11) is 0. The molecule has 1 aliphatic heterocycles. The molecule has 1 saturated heterocycles. The third-order valence-electron chi connectivity index (χ3n) is 5.57. The molecule has 1 saturated carbocycles. The molecular formula is C22H30N2O6. The molecule has 0 spiro atoms. The fourth-order valence-corrected chi connectivity index (χ4v) is 3.76. The van der Waals surface area contributed by atoms with Crippen LogP contribution in [-0.2, 0) is 14.3 Å². The molecule has 8 heteroatoms. The van der Waals surface area contributed by atoms with E-state index in [9.17, 15) is 14.4 Å². The second kappa shape index (κ2) is 11.0. The van der Waals surface area contributed by atoms with Crippen molar-refractivity contribution in [2.24, 2.45) is 5.92 Å². The molecule has 3 rings (SSSR count). The van der Waals surface area contributed by atoms with Crippen molar-refractivity contribution in [3.8, 4) is 5.75 Å². The first-order chi connectivity index (χ1) is 14.5. The fourth-order valence-electron chi connectivity index (χ4n) is 3.76. The number of carbonyl (C=O) groups excluding carboxylic acids is 3. The van der Waals surface area contributed by atoms with Gasteiger partial charge < -0.3 is 19.5 Å². The summed E-state index contributed by atoms with van der Waals surface area (Å²) in [4.78, 5) is 36.0. The van der Waals surface area contributed by atoms with E-state index >= 15 is 0 Å². The first kappa shape index (κ1) is 22.1. The summed E-state index contributed by atoms with van der Waals surface area (Å²) in [5, 5.41) is 5.03. The van der Waals surface area contributed by atoms with Gasteiger partial charge in [-0.2, -0.15) is 0 Å². The minimum absolute atomic E-state index is 0.0649. The summed E-state index contributed by atoms with van der Waals surface area (Å²) in [5.74, 6) is -0.290. The Balaban J connectivity index is 1.36. The second-order valence-electron chi connectivity index (χ2n) is 7.94. The van der Waals surface area contributed by atoms with E-state index in [1.807, 2.05) is 0 Å². The second-order valence-corrected chi connectivity index (χ2v) is 7.94.